The fourth-order valence-corrected chi connectivity index (χ4v) is 2.07. The van der Waals surface area contributed by atoms with Crippen molar-refractivity contribution in [1.29, 1.82) is 0 Å². The molecular weight excluding hydrogens is 281 g/mol. The number of hydrogen-bond donors (Lipinski definition) is 0. The van der Waals surface area contributed by atoms with Gasteiger partial charge in [-0.3, -0.25) is 4.79 Å². The molecule has 13 heavy (non-hydrogen) atoms. The summed E-state index contributed by atoms with van der Waals surface area (Å²) >= 11 is 1.67. The molecule has 0 amide bonds. The van der Waals surface area contributed by atoms with E-state index in [1.54, 1.807) is 23.0 Å². The Morgan fingerprint density at radius 1 is 1.46 bits per heavy atom. The molecule has 0 aromatic heterocycles. The molecule has 0 spiro atoms. The van der Waals surface area contributed by atoms with E-state index in [-0.39, 0.29) is 11.9 Å². The molecule has 1 fully saturated rings. The van der Waals surface area contributed by atoms with Gasteiger partial charge in [0.2, 0.25) is 0 Å². The van der Waals surface area contributed by atoms with Gasteiger partial charge < -0.3 is 7.97 Å². The van der Waals surface area contributed by atoms with Crippen LogP contribution in [0.1, 0.15) is 26.7 Å². The van der Waals surface area contributed by atoms with Crippen molar-refractivity contribution < 1.29 is 7.86 Å². The third-order valence-electron chi connectivity index (χ3n) is 2.67. The van der Waals surface area contributed by atoms with E-state index < -0.39 is 0 Å². The highest BCUT2D eigenvalue weighted by Gasteiger charge is 2.26. The van der Waals surface area contributed by atoms with E-state index in [0.717, 1.165) is 25.9 Å². The van der Waals surface area contributed by atoms with Crippen molar-refractivity contribution in [1.82, 2.24) is 4.90 Å². The molecule has 1 aliphatic rings. The third kappa shape index (κ3) is 3.09. The molecule has 0 saturated carbocycles. The van der Waals surface area contributed by atoms with Crippen LogP contribution in [-0.4, -0.2) is 30.0 Å². The lowest BCUT2D eigenvalue weighted by atomic mass is 9.96. The largest absolute Gasteiger partial charge is 0.394 e. The number of carbonyl (C=O) groups is 1. The Kier molecular flexibility index (Phi) is 4.45. The first-order valence-electron chi connectivity index (χ1n) is 4.71. The van der Waals surface area contributed by atoms with E-state index in [9.17, 15) is 4.79 Å². The number of halogens is 1. The Morgan fingerprint density at radius 3 is 2.38 bits per heavy atom. The summed E-state index contributed by atoms with van der Waals surface area (Å²) in [5.41, 5.74) is 0. The van der Waals surface area contributed by atoms with E-state index in [0.29, 0.717) is 6.04 Å². The molecule has 1 aliphatic heterocycles. The van der Waals surface area contributed by atoms with E-state index >= 15 is 0 Å². The predicted octanol–water partition coefficient (Wildman–Crippen LogP) is 2.00. The molecule has 1 heterocycles. The molecule has 0 aromatic carbocycles. The van der Waals surface area contributed by atoms with Gasteiger partial charge in [-0.15, -0.1) is 0 Å². The molecule has 0 bridgehead atoms. The normalized spacial score (nSPS) is 20.6. The van der Waals surface area contributed by atoms with Crippen molar-refractivity contribution in [2.24, 2.45) is 5.92 Å². The lowest BCUT2D eigenvalue weighted by molar-refractivity contribution is -0.137. The zero-order chi connectivity index (χ0) is 9.84. The molecular formula is C9H16INO2. The number of likely N-dealkylation sites (tertiary alicyclic amines) is 1. The van der Waals surface area contributed by atoms with E-state index in [4.69, 9.17) is 3.07 Å². The maximum Gasteiger partial charge on any atom is 0.318 e. The second-order valence-electron chi connectivity index (χ2n) is 3.80. The lowest BCUT2D eigenvalue weighted by Crippen LogP contribution is -2.40. The summed E-state index contributed by atoms with van der Waals surface area (Å²) in [5.74, 6) is 0.0795. The fraction of sp³-hybridized carbons (Fsp3) is 0.889. The van der Waals surface area contributed by atoms with Crippen LogP contribution < -0.4 is 0 Å². The van der Waals surface area contributed by atoms with Crippen LogP contribution in [-0.2, 0) is 7.86 Å². The van der Waals surface area contributed by atoms with Crippen molar-refractivity contribution in [3.63, 3.8) is 0 Å². The van der Waals surface area contributed by atoms with Crippen LogP contribution in [0.15, 0.2) is 0 Å². The van der Waals surface area contributed by atoms with Gasteiger partial charge in [0, 0.05) is 6.04 Å². The number of carbonyl (C=O) groups excluding carboxylic acids is 1. The second-order valence-corrected chi connectivity index (χ2v) is 4.24. The molecule has 3 nitrogen and oxygen atoms in total. The third-order valence-corrected chi connectivity index (χ3v) is 3.10. The van der Waals surface area contributed by atoms with Crippen molar-refractivity contribution >= 4 is 29.0 Å². The summed E-state index contributed by atoms with van der Waals surface area (Å²) in [5, 5.41) is 0. The van der Waals surface area contributed by atoms with Crippen LogP contribution >= 0.6 is 23.0 Å². The van der Waals surface area contributed by atoms with Crippen LogP contribution in [0.25, 0.3) is 0 Å². The molecule has 0 radical (unpaired) electrons. The van der Waals surface area contributed by atoms with Gasteiger partial charge in [-0.1, -0.05) is 0 Å². The zero-order valence-corrected chi connectivity index (χ0v) is 10.3. The highest BCUT2D eigenvalue weighted by molar-refractivity contribution is 14.1. The monoisotopic (exact) mass is 297 g/mol. The minimum absolute atomic E-state index is 0.0518. The Hall–Kier alpha value is 0.160. The maximum atomic E-state index is 11.2. The molecule has 0 unspecified atom stereocenters. The lowest BCUT2D eigenvalue weighted by Gasteiger charge is -2.33. The van der Waals surface area contributed by atoms with Crippen LogP contribution in [0.4, 0.5) is 0 Å². The first-order valence-corrected chi connectivity index (χ1v) is 5.59. The molecule has 0 N–H and O–H groups in total. The van der Waals surface area contributed by atoms with E-state index in [1.807, 2.05) is 0 Å². The van der Waals surface area contributed by atoms with Gasteiger partial charge in [0.05, 0.1) is 5.92 Å². The molecule has 0 aromatic rings. The molecule has 0 atom stereocenters. The number of piperidine rings is 1. The van der Waals surface area contributed by atoms with Crippen LogP contribution in [0.3, 0.4) is 0 Å². The van der Waals surface area contributed by atoms with Crippen molar-refractivity contribution in [2.75, 3.05) is 13.1 Å². The minimum atomic E-state index is -0.0518. The average molecular weight is 297 g/mol. The molecule has 4 heteroatoms. The first kappa shape index (κ1) is 11.2. The molecule has 0 aliphatic carbocycles. The van der Waals surface area contributed by atoms with Crippen molar-refractivity contribution in [3.8, 4) is 0 Å². The number of nitrogens with zero attached hydrogens (tertiary/aromatic N) is 1. The Bertz CT molecular complexity index is 176. The zero-order valence-electron chi connectivity index (χ0n) is 8.12. The van der Waals surface area contributed by atoms with Crippen molar-refractivity contribution in [3.05, 3.63) is 0 Å². The summed E-state index contributed by atoms with van der Waals surface area (Å²) in [6, 6.07) is 0.594. The summed E-state index contributed by atoms with van der Waals surface area (Å²) in [4.78, 5) is 13.6. The summed E-state index contributed by atoms with van der Waals surface area (Å²) in [6.07, 6.45) is 1.89. The van der Waals surface area contributed by atoms with Gasteiger partial charge in [-0.25, -0.2) is 0 Å². The quantitative estimate of drug-likeness (QED) is 0.730. The van der Waals surface area contributed by atoms with Gasteiger partial charge in [-0.2, -0.15) is 0 Å². The Labute approximate surface area is 93.5 Å². The van der Waals surface area contributed by atoms with Crippen molar-refractivity contribution in [2.45, 2.75) is 32.7 Å². The first-order chi connectivity index (χ1) is 6.15. The fourth-order valence-electron chi connectivity index (χ4n) is 1.71. The maximum absolute atomic E-state index is 11.2. The van der Waals surface area contributed by atoms with Gasteiger partial charge in [0.1, 0.15) is 0 Å². The minimum Gasteiger partial charge on any atom is -0.394 e. The molecule has 1 rings (SSSR count). The highest BCUT2D eigenvalue weighted by Crippen LogP contribution is 2.20. The van der Waals surface area contributed by atoms with Gasteiger partial charge in [-0.05, 0) is 39.8 Å². The van der Waals surface area contributed by atoms with E-state index in [1.165, 1.54) is 0 Å². The van der Waals surface area contributed by atoms with Crippen LogP contribution in [0.5, 0.6) is 0 Å². The van der Waals surface area contributed by atoms with Gasteiger partial charge >= 0.3 is 5.97 Å². The molecule has 76 valence electrons. The summed E-state index contributed by atoms with van der Waals surface area (Å²) < 4.78 is 4.70. The van der Waals surface area contributed by atoms with E-state index in [2.05, 4.69) is 18.7 Å². The van der Waals surface area contributed by atoms with Crippen LogP contribution in [0.2, 0.25) is 0 Å². The Morgan fingerprint density at radius 2 is 2.00 bits per heavy atom. The SMILES string of the molecule is CC(C)N1CCC(C(=O)OI)CC1. The number of rotatable bonds is 2. The highest BCUT2D eigenvalue weighted by atomic mass is 127. The van der Waals surface area contributed by atoms with Gasteiger partial charge in [0.25, 0.3) is 0 Å². The number of hydrogen-bond acceptors (Lipinski definition) is 3. The van der Waals surface area contributed by atoms with Crippen LogP contribution in [0, 0.1) is 5.92 Å². The predicted molar refractivity (Wildman–Crippen MR) is 59.5 cm³/mol. The molecule has 1 saturated heterocycles. The summed E-state index contributed by atoms with van der Waals surface area (Å²) in [7, 11) is 0. The Balaban J connectivity index is 2.34. The topological polar surface area (TPSA) is 29.5 Å². The second kappa shape index (κ2) is 5.14. The summed E-state index contributed by atoms with van der Waals surface area (Å²) in [6.45, 7) is 6.43. The average Bonchev–Trinajstić information content (AvgIpc) is 2.17. The smallest absolute Gasteiger partial charge is 0.318 e. The van der Waals surface area contributed by atoms with Gasteiger partial charge in [0.15, 0.2) is 23.0 Å². The standard InChI is InChI=1S/C9H16INO2/c1-7(2)11-5-3-8(4-6-11)9(12)13-10/h7-8H,3-6H2,1-2H3.